The number of nitrogens with zero attached hydrogens (tertiary/aromatic N) is 1. The van der Waals surface area contributed by atoms with Crippen molar-refractivity contribution >= 4 is 11.6 Å². The van der Waals surface area contributed by atoms with Crippen LogP contribution in [-0.2, 0) is 6.54 Å². The highest BCUT2D eigenvalue weighted by molar-refractivity contribution is 6.31. The number of nitrogens with one attached hydrogen (secondary N) is 1. The van der Waals surface area contributed by atoms with Gasteiger partial charge in [-0.2, -0.15) is 0 Å². The zero-order valence-corrected chi connectivity index (χ0v) is 12.8. The van der Waals surface area contributed by atoms with E-state index in [1.807, 2.05) is 32.0 Å². The molecule has 0 bridgehead atoms. The summed E-state index contributed by atoms with van der Waals surface area (Å²) < 4.78 is 5.87. The molecule has 4 heteroatoms. The number of pyridine rings is 1. The van der Waals surface area contributed by atoms with E-state index in [2.05, 4.69) is 23.3 Å². The van der Waals surface area contributed by atoms with Gasteiger partial charge in [-0.25, -0.2) is 4.98 Å². The van der Waals surface area contributed by atoms with Crippen molar-refractivity contribution < 1.29 is 4.74 Å². The van der Waals surface area contributed by atoms with Crippen molar-refractivity contribution in [2.24, 2.45) is 0 Å². The van der Waals surface area contributed by atoms with E-state index in [0.29, 0.717) is 17.4 Å². The van der Waals surface area contributed by atoms with Crippen LogP contribution in [0.2, 0.25) is 5.02 Å². The molecule has 2 aromatic rings. The third kappa shape index (κ3) is 3.50. The second-order valence-corrected chi connectivity index (χ2v) is 5.07. The summed E-state index contributed by atoms with van der Waals surface area (Å²) >= 11 is 6.13. The fourth-order valence-electron chi connectivity index (χ4n) is 1.84. The monoisotopic (exact) mass is 290 g/mol. The standard InChI is InChI=1S/C16H19ClN2O/c1-4-18-10-14-13(17)8-9-16(19-14)20-15-7-5-6-11(2)12(15)3/h5-9,18H,4,10H2,1-3H3. The van der Waals surface area contributed by atoms with Crippen molar-refractivity contribution in [1.82, 2.24) is 10.3 Å². The predicted molar refractivity (Wildman–Crippen MR) is 82.6 cm³/mol. The molecule has 1 aromatic heterocycles. The van der Waals surface area contributed by atoms with Crippen LogP contribution in [0, 0.1) is 13.8 Å². The van der Waals surface area contributed by atoms with Gasteiger partial charge in [-0.05, 0) is 43.7 Å². The van der Waals surface area contributed by atoms with Crippen LogP contribution in [0.5, 0.6) is 11.6 Å². The van der Waals surface area contributed by atoms with Gasteiger partial charge in [-0.3, -0.25) is 0 Å². The molecule has 1 heterocycles. The molecule has 0 spiro atoms. The highest BCUT2D eigenvalue weighted by Crippen LogP contribution is 2.27. The molecule has 0 saturated carbocycles. The number of hydrogen-bond acceptors (Lipinski definition) is 3. The molecule has 1 aromatic carbocycles. The average Bonchev–Trinajstić information content (AvgIpc) is 2.44. The molecule has 0 aliphatic carbocycles. The molecule has 0 radical (unpaired) electrons. The number of halogens is 1. The summed E-state index contributed by atoms with van der Waals surface area (Å²) in [5, 5.41) is 3.87. The van der Waals surface area contributed by atoms with E-state index in [4.69, 9.17) is 16.3 Å². The molecule has 2 rings (SSSR count). The van der Waals surface area contributed by atoms with Gasteiger partial charge in [0.15, 0.2) is 0 Å². The largest absolute Gasteiger partial charge is 0.439 e. The Hall–Kier alpha value is -1.58. The van der Waals surface area contributed by atoms with Crippen molar-refractivity contribution in [3.8, 4) is 11.6 Å². The van der Waals surface area contributed by atoms with Crippen LogP contribution < -0.4 is 10.1 Å². The Kier molecular flexibility index (Phi) is 4.99. The molecule has 0 aliphatic rings. The molecule has 0 unspecified atom stereocenters. The second-order valence-electron chi connectivity index (χ2n) is 4.66. The van der Waals surface area contributed by atoms with Gasteiger partial charge in [0, 0.05) is 12.6 Å². The van der Waals surface area contributed by atoms with E-state index >= 15 is 0 Å². The zero-order chi connectivity index (χ0) is 14.5. The fraction of sp³-hybridized carbons (Fsp3) is 0.312. The average molecular weight is 291 g/mol. The first-order valence-electron chi connectivity index (χ1n) is 6.72. The maximum atomic E-state index is 6.13. The van der Waals surface area contributed by atoms with Crippen molar-refractivity contribution in [1.29, 1.82) is 0 Å². The topological polar surface area (TPSA) is 34.2 Å². The quantitative estimate of drug-likeness (QED) is 0.894. The van der Waals surface area contributed by atoms with E-state index in [-0.39, 0.29) is 0 Å². The highest BCUT2D eigenvalue weighted by atomic mass is 35.5. The molecule has 0 fully saturated rings. The van der Waals surface area contributed by atoms with Crippen LogP contribution in [0.15, 0.2) is 30.3 Å². The number of hydrogen-bond donors (Lipinski definition) is 1. The Morgan fingerprint density at radius 1 is 1.20 bits per heavy atom. The summed E-state index contributed by atoms with van der Waals surface area (Å²) in [5.41, 5.74) is 3.12. The number of aromatic nitrogens is 1. The Labute approximate surface area is 124 Å². The predicted octanol–water partition coefficient (Wildman–Crippen LogP) is 4.25. The van der Waals surface area contributed by atoms with Crippen LogP contribution in [0.25, 0.3) is 0 Å². The van der Waals surface area contributed by atoms with Gasteiger partial charge in [-0.1, -0.05) is 30.7 Å². The SMILES string of the molecule is CCNCc1nc(Oc2cccc(C)c2C)ccc1Cl. The summed E-state index contributed by atoms with van der Waals surface area (Å²) in [5.74, 6) is 1.39. The lowest BCUT2D eigenvalue weighted by Crippen LogP contribution is -2.13. The van der Waals surface area contributed by atoms with E-state index in [9.17, 15) is 0 Å². The minimum Gasteiger partial charge on any atom is -0.439 e. The number of aryl methyl sites for hydroxylation is 1. The molecule has 3 nitrogen and oxygen atoms in total. The molecule has 0 aliphatic heterocycles. The van der Waals surface area contributed by atoms with Crippen molar-refractivity contribution in [2.75, 3.05) is 6.54 Å². The summed E-state index contributed by atoms with van der Waals surface area (Å²) in [4.78, 5) is 4.46. The summed E-state index contributed by atoms with van der Waals surface area (Å²) in [7, 11) is 0. The number of ether oxygens (including phenoxy) is 1. The molecule has 1 N–H and O–H groups in total. The van der Waals surface area contributed by atoms with Crippen LogP contribution in [0.4, 0.5) is 0 Å². The third-order valence-electron chi connectivity index (χ3n) is 3.20. The van der Waals surface area contributed by atoms with E-state index < -0.39 is 0 Å². The third-order valence-corrected chi connectivity index (χ3v) is 3.55. The van der Waals surface area contributed by atoms with Gasteiger partial charge in [0.1, 0.15) is 5.75 Å². The smallest absolute Gasteiger partial charge is 0.219 e. The highest BCUT2D eigenvalue weighted by Gasteiger charge is 2.07. The maximum absolute atomic E-state index is 6.13. The van der Waals surface area contributed by atoms with Gasteiger partial charge < -0.3 is 10.1 Å². The van der Waals surface area contributed by atoms with E-state index in [1.54, 1.807) is 6.07 Å². The Bertz CT molecular complexity index is 599. The minimum absolute atomic E-state index is 0.566. The normalized spacial score (nSPS) is 10.6. The molecule has 0 amide bonds. The van der Waals surface area contributed by atoms with Crippen molar-refractivity contribution in [3.63, 3.8) is 0 Å². The maximum Gasteiger partial charge on any atom is 0.219 e. The Balaban J connectivity index is 2.23. The first kappa shape index (κ1) is 14.8. The first-order valence-corrected chi connectivity index (χ1v) is 7.09. The van der Waals surface area contributed by atoms with Crippen LogP contribution in [0.1, 0.15) is 23.7 Å². The summed E-state index contributed by atoms with van der Waals surface area (Å²) in [6.45, 7) is 7.66. The Morgan fingerprint density at radius 2 is 2.00 bits per heavy atom. The summed E-state index contributed by atoms with van der Waals surface area (Å²) in [6.07, 6.45) is 0. The van der Waals surface area contributed by atoms with Crippen molar-refractivity contribution in [2.45, 2.75) is 27.3 Å². The molecule has 0 saturated heterocycles. The molecule has 20 heavy (non-hydrogen) atoms. The van der Waals surface area contributed by atoms with Gasteiger partial charge >= 0.3 is 0 Å². The fourth-order valence-corrected chi connectivity index (χ4v) is 2.01. The van der Waals surface area contributed by atoms with Crippen LogP contribution in [0.3, 0.4) is 0 Å². The molecule has 106 valence electrons. The van der Waals surface area contributed by atoms with Crippen LogP contribution in [-0.4, -0.2) is 11.5 Å². The van der Waals surface area contributed by atoms with Gasteiger partial charge in [0.25, 0.3) is 0 Å². The Morgan fingerprint density at radius 3 is 2.75 bits per heavy atom. The van der Waals surface area contributed by atoms with Gasteiger partial charge in [-0.15, -0.1) is 0 Å². The molecular weight excluding hydrogens is 272 g/mol. The van der Waals surface area contributed by atoms with Crippen LogP contribution >= 0.6 is 11.6 Å². The zero-order valence-electron chi connectivity index (χ0n) is 12.0. The van der Waals surface area contributed by atoms with E-state index in [1.165, 1.54) is 5.56 Å². The number of benzene rings is 1. The van der Waals surface area contributed by atoms with Gasteiger partial charge in [0.2, 0.25) is 5.88 Å². The molecular formula is C16H19ClN2O. The van der Waals surface area contributed by atoms with E-state index in [0.717, 1.165) is 23.6 Å². The lowest BCUT2D eigenvalue weighted by Gasteiger charge is -2.11. The summed E-state index contributed by atoms with van der Waals surface area (Å²) in [6, 6.07) is 9.60. The lowest BCUT2D eigenvalue weighted by molar-refractivity contribution is 0.456. The first-order chi connectivity index (χ1) is 9.61. The van der Waals surface area contributed by atoms with Gasteiger partial charge in [0.05, 0.1) is 10.7 Å². The van der Waals surface area contributed by atoms with Crippen molar-refractivity contribution in [3.05, 3.63) is 52.2 Å². The lowest BCUT2D eigenvalue weighted by atomic mass is 10.1. The minimum atomic E-state index is 0.566. The second kappa shape index (κ2) is 6.73. The molecule has 0 atom stereocenters. The number of rotatable bonds is 5.